The molecule has 0 bridgehead atoms. The average molecular weight is 368 g/mol. The molecule has 0 atom stereocenters. The molecule has 0 fully saturated rings. The first-order chi connectivity index (χ1) is 12.2. The molecule has 1 heterocycles. The van der Waals surface area contributed by atoms with Gasteiger partial charge < -0.3 is 14.6 Å². The van der Waals surface area contributed by atoms with Crippen molar-refractivity contribution in [2.24, 2.45) is 0 Å². The number of halogens is 1. The molecule has 2 aromatic rings. The normalized spacial score (nSPS) is 12.5. The van der Waals surface area contributed by atoms with E-state index >= 15 is 0 Å². The lowest BCUT2D eigenvalue weighted by Gasteiger charge is -2.22. The number of allylic oxidation sites excluding steroid dienone is 2. The van der Waals surface area contributed by atoms with Crippen molar-refractivity contribution in [3.05, 3.63) is 52.4 Å². The predicted molar refractivity (Wildman–Crippen MR) is 103 cm³/mol. The Labute approximate surface area is 161 Å². The van der Waals surface area contributed by atoms with Gasteiger partial charge >= 0.3 is 0 Å². The molecule has 2 rings (SSSR count). The van der Waals surface area contributed by atoms with Gasteiger partial charge in [-0.15, -0.1) is 0 Å². The van der Waals surface area contributed by atoms with Gasteiger partial charge in [-0.25, -0.2) is 4.98 Å². The summed E-state index contributed by atoms with van der Waals surface area (Å²) in [5.74, 6) is 0.0113. The summed E-state index contributed by atoms with van der Waals surface area (Å²) in [5.41, 5.74) is 2.33. The van der Waals surface area contributed by atoms with Crippen LogP contribution in [0.25, 0.3) is 5.57 Å². The average Bonchev–Trinajstić information content (AvgIpc) is 2.60. The molecular formula is C18H19B2ClN2O3. The smallest absolute Gasteiger partial charge is 0.261 e. The Morgan fingerprint density at radius 2 is 1.88 bits per heavy atom. The molecule has 1 aromatic carbocycles. The highest BCUT2D eigenvalue weighted by Crippen LogP contribution is 2.28. The minimum absolute atomic E-state index is 0.0177. The molecule has 132 valence electrons. The monoisotopic (exact) mass is 368 g/mol. The van der Waals surface area contributed by atoms with Gasteiger partial charge in [0.2, 0.25) is 11.0 Å². The fourth-order valence-electron chi connectivity index (χ4n) is 2.20. The van der Waals surface area contributed by atoms with Crippen LogP contribution in [0, 0.1) is 0 Å². The van der Waals surface area contributed by atoms with Crippen LogP contribution in [0.1, 0.15) is 38.3 Å². The van der Waals surface area contributed by atoms with Gasteiger partial charge in [-0.2, -0.15) is 4.98 Å². The summed E-state index contributed by atoms with van der Waals surface area (Å²) in [4.78, 5) is 7.69. The zero-order chi connectivity index (χ0) is 19.3. The fraction of sp³-hybridized carbons (Fsp3) is 0.333. The topological polar surface area (TPSA) is 64.5 Å². The number of aromatic nitrogens is 2. The van der Waals surface area contributed by atoms with E-state index in [2.05, 4.69) is 30.7 Å². The SMILES string of the molecule is [B]C([B])(O)Oc1cnc(Cl)nc1OCc1ccc(C(C)=C(C)CC)cc1. The third-order valence-electron chi connectivity index (χ3n) is 3.90. The molecule has 0 unspecified atom stereocenters. The maximum Gasteiger partial charge on any atom is 0.261 e. The molecule has 0 aliphatic heterocycles. The molecule has 8 heteroatoms. The van der Waals surface area contributed by atoms with Crippen molar-refractivity contribution in [3.63, 3.8) is 0 Å². The van der Waals surface area contributed by atoms with Crippen LogP contribution in [0.5, 0.6) is 11.6 Å². The summed E-state index contributed by atoms with van der Waals surface area (Å²) in [6.45, 7) is 6.59. The van der Waals surface area contributed by atoms with Gasteiger partial charge in [-0.3, -0.25) is 0 Å². The fourth-order valence-corrected chi connectivity index (χ4v) is 2.32. The van der Waals surface area contributed by atoms with E-state index in [-0.39, 0.29) is 23.5 Å². The van der Waals surface area contributed by atoms with E-state index in [4.69, 9.17) is 36.8 Å². The van der Waals surface area contributed by atoms with E-state index < -0.39 is 5.59 Å². The zero-order valence-electron chi connectivity index (χ0n) is 15.0. The van der Waals surface area contributed by atoms with Crippen LogP contribution in [-0.4, -0.2) is 36.4 Å². The summed E-state index contributed by atoms with van der Waals surface area (Å²) in [6, 6.07) is 8.01. The first kappa shape index (κ1) is 20.3. The largest absolute Gasteiger partial charge is 0.474 e. The van der Waals surface area contributed by atoms with Gasteiger partial charge in [-0.1, -0.05) is 36.8 Å². The van der Waals surface area contributed by atoms with Crippen molar-refractivity contribution >= 4 is 32.9 Å². The Morgan fingerprint density at radius 3 is 2.46 bits per heavy atom. The first-order valence-electron chi connectivity index (χ1n) is 8.09. The Kier molecular flexibility index (Phi) is 6.73. The van der Waals surface area contributed by atoms with E-state index in [1.807, 2.05) is 24.3 Å². The van der Waals surface area contributed by atoms with Crippen LogP contribution >= 0.6 is 11.6 Å². The van der Waals surface area contributed by atoms with Gasteiger partial charge in [0.05, 0.1) is 6.20 Å². The minimum Gasteiger partial charge on any atom is -0.474 e. The lowest BCUT2D eigenvalue weighted by Crippen LogP contribution is -2.36. The molecule has 0 saturated carbocycles. The second kappa shape index (κ2) is 8.60. The first-order valence-corrected chi connectivity index (χ1v) is 8.47. The molecule has 5 nitrogen and oxygen atoms in total. The number of rotatable bonds is 7. The van der Waals surface area contributed by atoms with Crippen LogP contribution in [0.15, 0.2) is 36.0 Å². The Morgan fingerprint density at radius 1 is 1.23 bits per heavy atom. The number of ether oxygens (including phenoxy) is 2. The number of benzene rings is 1. The van der Waals surface area contributed by atoms with Gasteiger partial charge in [0.15, 0.2) is 15.7 Å². The van der Waals surface area contributed by atoms with Crippen molar-refractivity contribution in [1.82, 2.24) is 9.97 Å². The lowest BCUT2D eigenvalue weighted by atomic mass is 9.76. The highest BCUT2D eigenvalue weighted by Gasteiger charge is 2.18. The van der Waals surface area contributed by atoms with Crippen molar-refractivity contribution in [1.29, 1.82) is 0 Å². The number of hydrogen-bond acceptors (Lipinski definition) is 5. The standard InChI is InChI=1S/C18H19B2ClN2O3/c1-4-11(2)12(3)14-7-5-13(6-8-14)10-25-16-15(26-18(19,20)24)9-22-17(21)23-16/h5-9,24H,4,10H2,1-3H3. The molecule has 0 aliphatic rings. The highest BCUT2D eigenvalue weighted by atomic mass is 35.5. The highest BCUT2D eigenvalue weighted by molar-refractivity contribution is 6.37. The summed E-state index contributed by atoms with van der Waals surface area (Å²) in [5, 5.41) is 9.35. The third-order valence-corrected chi connectivity index (χ3v) is 4.08. The van der Waals surface area contributed by atoms with Gasteiger partial charge in [-0.05, 0) is 48.6 Å². The molecule has 1 N–H and O–H groups in total. The van der Waals surface area contributed by atoms with Crippen molar-refractivity contribution in [2.45, 2.75) is 39.4 Å². The number of aliphatic hydroxyl groups is 1. The number of hydrogen-bond donors (Lipinski definition) is 1. The number of nitrogens with zero attached hydrogens (tertiary/aromatic N) is 2. The van der Waals surface area contributed by atoms with Crippen LogP contribution in [0.2, 0.25) is 5.28 Å². The molecule has 0 aliphatic carbocycles. The Bertz CT molecular complexity index is 790. The van der Waals surface area contributed by atoms with E-state index in [0.717, 1.165) is 12.0 Å². The molecule has 0 saturated heterocycles. The second-order valence-corrected chi connectivity index (χ2v) is 6.24. The quantitative estimate of drug-likeness (QED) is 0.462. The van der Waals surface area contributed by atoms with Crippen LogP contribution in [0.3, 0.4) is 0 Å². The van der Waals surface area contributed by atoms with Crippen LogP contribution < -0.4 is 9.47 Å². The molecule has 4 radical (unpaired) electrons. The second-order valence-electron chi connectivity index (χ2n) is 5.91. The van der Waals surface area contributed by atoms with Gasteiger partial charge in [0, 0.05) is 0 Å². The Balaban J connectivity index is 2.13. The van der Waals surface area contributed by atoms with Crippen LogP contribution in [-0.2, 0) is 6.61 Å². The molecule has 1 aromatic heterocycles. The molecule has 0 spiro atoms. The maximum absolute atomic E-state index is 9.38. The van der Waals surface area contributed by atoms with E-state index in [1.165, 1.54) is 22.9 Å². The van der Waals surface area contributed by atoms with Crippen molar-refractivity contribution in [2.75, 3.05) is 0 Å². The summed E-state index contributed by atoms with van der Waals surface area (Å²) >= 11 is 5.78. The summed E-state index contributed by atoms with van der Waals surface area (Å²) < 4.78 is 10.6. The van der Waals surface area contributed by atoms with Crippen LogP contribution in [0.4, 0.5) is 0 Å². The zero-order valence-corrected chi connectivity index (χ0v) is 15.7. The molecular weight excluding hydrogens is 349 g/mol. The maximum atomic E-state index is 9.38. The Hall–Kier alpha value is -1.98. The summed E-state index contributed by atoms with van der Waals surface area (Å²) in [6.07, 6.45) is 2.24. The summed E-state index contributed by atoms with van der Waals surface area (Å²) in [7, 11) is 10.5. The van der Waals surface area contributed by atoms with E-state index in [9.17, 15) is 5.11 Å². The third kappa shape index (κ3) is 5.78. The van der Waals surface area contributed by atoms with E-state index in [1.54, 1.807) is 0 Å². The lowest BCUT2D eigenvalue weighted by molar-refractivity contribution is 0.00928. The van der Waals surface area contributed by atoms with Gasteiger partial charge in [0.25, 0.3) is 5.88 Å². The molecule has 26 heavy (non-hydrogen) atoms. The molecule has 0 amide bonds. The van der Waals surface area contributed by atoms with Gasteiger partial charge in [0.1, 0.15) is 12.2 Å². The predicted octanol–water partition coefficient (Wildman–Crippen LogP) is 3.23. The van der Waals surface area contributed by atoms with Crippen molar-refractivity contribution in [3.8, 4) is 11.6 Å². The van der Waals surface area contributed by atoms with Crippen molar-refractivity contribution < 1.29 is 14.6 Å². The van der Waals surface area contributed by atoms with E-state index in [0.29, 0.717) is 0 Å². The minimum atomic E-state index is -2.38.